The van der Waals surface area contributed by atoms with Crippen LogP contribution in [0, 0.1) is 0 Å². The Bertz CT molecular complexity index is 218. The van der Waals surface area contributed by atoms with E-state index >= 15 is 0 Å². The van der Waals surface area contributed by atoms with Gasteiger partial charge in [-0.3, -0.25) is 5.73 Å². The molecule has 0 aliphatic carbocycles. The molecule has 0 bridgehead atoms. The van der Waals surface area contributed by atoms with Crippen molar-refractivity contribution in [3.63, 3.8) is 0 Å². The maximum atomic E-state index is 9.18. The Balaban J connectivity index is 2.95. The first-order valence-corrected chi connectivity index (χ1v) is 3.85. The van der Waals surface area contributed by atoms with Gasteiger partial charge in [-0.15, -0.1) is 0 Å². The molecule has 0 aromatic carbocycles. The van der Waals surface area contributed by atoms with Crippen molar-refractivity contribution in [3.05, 3.63) is 0 Å². The molecule has 8 nitrogen and oxygen atoms in total. The molecule has 4 atom stereocenters. The summed E-state index contributed by atoms with van der Waals surface area (Å²) in [5.74, 6) is -6.17. The lowest BCUT2D eigenvalue weighted by Gasteiger charge is -2.47. The number of hydrogen-bond acceptors (Lipinski definition) is 8. The number of rotatable bonds is 1. The van der Waals surface area contributed by atoms with E-state index in [1.165, 1.54) is 0 Å². The minimum absolute atomic E-state index is 0.742. The fourth-order valence-corrected chi connectivity index (χ4v) is 1.19. The van der Waals surface area contributed by atoms with Gasteiger partial charge in [0.2, 0.25) is 0 Å². The summed E-state index contributed by atoms with van der Waals surface area (Å²) in [7, 11) is 0. The molecule has 1 fully saturated rings. The third-order valence-electron chi connectivity index (χ3n) is 2.16. The smallest absolute Gasteiger partial charge is 0.282 e. The lowest BCUT2D eigenvalue weighted by Crippen LogP contribution is -2.76. The Hall–Kier alpha value is -0.320. The molecule has 1 unspecified atom stereocenters. The molecule has 1 saturated heterocycles. The molecule has 8 N–H and O–H groups in total. The largest absolute Gasteiger partial charge is 0.394 e. The second-order valence-corrected chi connectivity index (χ2v) is 3.20. The maximum absolute atomic E-state index is 9.18. The third kappa shape index (κ3) is 1.51. The fourth-order valence-electron chi connectivity index (χ4n) is 1.19. The standard InChI is InChI=1S/C6H13NO7/c7-6(13)5(11,12)4(10)3(9)2(1-8)14-6/h2-4,8-13H,1,7H2/t2-,3-,4+,6?/m1/s1. The highest BCUT2D eigenvalue weighted by Crippen LogP contribution is 2.30. The summed E-state index contributed by atoms with van der Waals surface area (Å²) in [5, 5.41) is 54.4. The number of aliphatic hydroxyl groups excluding tert-OH is 3. The monoisotopic (exact) mass is 211 g/mol. The molecule has 0 radical (unpaired) electrons. The van der Waals surface area contributed by atoms with Gasteiger partial charge in [-0.2, -0.15) is 0 Å². The molecule has 0 aromatic rings. The van der Waals surface area contributed by atoms with E-state index < -0.39 is 36.6 Å². The van der Waals surface area contributed by atoms with Crippen LogP contribution in [0.1, 0.15) is 0 Å². The van der Waals surface area contributed by atoms with Gasteiger partial charge in [0.25, 0.3) is 11.7 Å². The van der Waals surface area contributed by atoms with E-state index in [2.05, 4.69) is 4.74 Å². The lowest BCUT2D eigenvalue weighted by molar-refractivity contribution is -0.446. The number of hydrogen-bond donors (Lipinski definition) is 7. The van der Waals surface area contributed by atoms with Crippen LogP contribution in [0.2, 0.25) is 0 Å². The van der Waals surface area contributed by atoms with E-state index in [-0.39, 0.29) is 0 Å². The van der Waals surface area contributed by atoms with E-state index in [1.807, 2.05) is 0 Å². The van der Waals surface area contributed by atoms with Crippen LogP contribution in [0.15, 0.2) is 0 Å². The molecule has 1 rings (SSSR count). The van der Waals surface area contributed by atoms with Crippen molar-refractivity contribution >= 4 is 0 Å². The molecular formula is C6H13NO7. The van der Waals surface area contributed by atoms with E-state index in [9.17, 15) is 5.11 Å². The van der Waals surface area contributed by atoms with Crippen LogP contribution in [0.5, 0.6) is 0 Å². The Morgan fingerprint density at radius 3 is 2.14 bits per heavy atom. The van der Waals surface area contributed by atoms with Crippen molar-refractivity contribution in [2.75, 3.05) is 6.61 Å². The van der Waals surface area contributed by atoms with Crippen LogP contribution < -0.4 is 5.73 Å². The average Bonchev–Trinajstić information content (AvgIpc) is 2.09. The van der Waals surface area contributed by atoms with Crippen LogP contribution in [0.4, 0.5) is 0 Å². The Kier molecular flexibility index (Phi) is 2.82. The van der Waals surface area contributed by atoms with Gasteiger partial charge in [-0.1, -0.05) is 0 Å². The van der Waals surface area contributed by atoms with Crippen LogP contribution in [0.25, 0.3) is 0 Å². The van der Waals surface area contributed by atoms with Gasteiger partial charge in [-0.05, 0) is 0 Å². The van der Waals surface area contributed by atoms with Gasteiger partial charge < -0.3 is 35.4 Å². The van der Waals surface area contributed by atoms with Gasteiger partial charge in [-0.25, -0.2) is 0 Å². The first-order valence-electron chi connectivity index (χ1n) is 3.85. The van der Waals surface area contributed by atoms with Crippen molar-refractivity contribution in [1.29, 1.82) is 0 Å². The summed E-state index contributed by atoms with van der Waals surface area (Å²) in [4.78, 5) is 0. The summed E-state index contributed by atoms with van der Waals surface area (Å²) in [6.07, 6.45) is -5.31. The van der Waals surface area contributed by atoms with Crippen LogP contribution in [-0.4, -0.2) is 67.3 Å². The molecule has 1 aliphatic rings. The van der Waals surface area contributed by atoms with E-state index in [1.54, 1.807) is 0 Å². The Morgan fingerprint density at radius 1 is 1.21 bits per heavy atom. The molecule has 0 saturated carbocycles. The van der Waals surface area contributed by atoms with Crippen molar-refractivity contribution in [3.8, 4) is 0 Å². The number of aliphatic hydroxyl groups is 6. The predicted octanol–water partition coefficient (Wildman–Crippen LogP) is -4.61. The normalized spacial score (nSPS) is 47.8. The molecular weight excluding hydrogens is 198 g/mol. The minimum atomic E-state index is -3.21. The summed E-state index contributed by atoms with van der Waals surface area (Å²) < 4.78 is 4.39. The molecule has 1 aliphatic heterocycles. The summed E-state index contributed by atoms with van der Waals surface area (Å²) in [6, 6.07) is 0. The number of nitrogens with two attached hydrogens (primary N) is 1. The minimum Gasteiger partial charge on any atom is -0.394 e. The molecule has 84 valence electrons. The van der Waals surface area contributed by atoms with Crippen LogP contribution >= 0.6 is 0 Å². The highest BCUT2D eigenvalue weighted by atomic mass is 16.7. The predicted molar refractivity (Wildman–Crippen MR) is 40.3 cm³/mol. The zero-order valence-corrected chi connectivity index (χ0v) is 7.11. The van der Waals surface area contributed by atoms with Crippen molar-refractivity contribution in [2.45, 2.75) is 30.0 Å². The average molecular weight is 211 g/mol. The van der Waals surface area contributed by atoms with Crippen molar-refractivity contribution in [1.82, 2.24) is 0 Å². The summed E-state index contributed by atoms with van der Waals surface area (Å²) in [5.41, 5.74) is 4.93. The van der Waals surface area contributed by atoms with Crippen molar-refractivity contribution < 1.29 is 35.4 Å². The van der Waals surface area contributed by atoms with E-state index in [0.29, 0.717) is 0 Å². The van der Waals surface area contributed by atoms with Gasteiger partial charge >= 0.3 is 0 Å². The molecule has 1 heterocycles. The van der Waals surface area contributed by atoms with E-state index in [0.717, 1.165) is 0 Å². The highest BCUT2D eigenvalue weighted by Gasteiger charge is 2.61. The second kappa shape index (κ2) is 3.36. The summed E-state index contributed by atoms with van der Waals surface area (Å²) in [6.45, 7) is -0.742. The SMILES string of the molecule is NC1(O)O[C@H](CO)[C@@H](O)[C@H](O)C1(O)O. The lowest BCUT2D eigenvalue weighted by atomic mass is 9.93. The summed E-state index contributed by atoms with van der Waals surface area (Å²) >= 11 is 0. The van der Waals surface area contributed by atoms with Gasteiger partial charge in [0.05, 0.1) is 6.61 Å². The number of ether oxygens (including phenoxy) is 1. The zero-order chi connectivity index (χ0) is 11.1. The van der Waals surface area contributed by atoms with Gasteiger partial charge in [0.15, 0.2) is 0 Å². The fraction of sp³-hybridized carbons (Fsp3) is 1.00. The van der Waals surface area contributed by atoms with Gasteiger partial charge in [0, 0.05) is 0 Å². The molecule has 14 heavy (non-hydrogen) atoms. The molecule has 0 amide bonds. The first-order chi connectivity index (χ1) is 6.24. The molecule has 0 aromatic heterocycles. The Morgan fingerprint density at radius 2 is 1.71 bits per heavy atom. The quantitative estimate of drug-likeness (QED) is 0.213. The topological polar surface area (TPSA) is 157 Å². The molecule has 0 spiro atoms. The van der Waals surface area contributed by atoms with E-state index in [4.69, 9.17) is 31.3 Å². The highest BCUT2D eigenvalue weighted by molar-refractivity contribution is 4.98. The maximum Gasteiger partial charge on any atom is 0.282 e. The van der Waals surface area contributed by atoms with Crippen LogP contribution in [0.3, 0.4) is 0 Å². The first kappa shape index (κ1) is 11.8. The van der Waals surface area contributed by atoms with Crippen molar-refractivity contribution in [2.24, 2.45) is 5.73 Å². The van der Waals surface area contributed by atoms with Crippen LogP contribution in [-0.2, 0) is 4.74 Å². The zero-order valence-electron chi connectivity index (χ0n) is 7.11. The van der Waals surface area contributed by atoms with Gasteiger partial charge in [0.1, 0.15) is 18.3 Å². The second-order valence-electron chi connectivity index (χ2n) is 3.20. The third-order valence-corrected chi connectivity index (χ3v) is 2.16. The Labute approximate surface area is 78.8 Å². The molecule has 8 heteroatoms.